The summed E-state index contributed by atoms with van der Waals surface area (Å²) in [7, 11) is -4.15. The molecule has 1 aromatic carbocycles. The molecule has 27 heavy (non-hydrogen) atoms. The third-order valence-corrected chi connectivity index (χ3v) is 10.5. The maximum Gasteiger partial charge on any atom is 0.226 e. The van der Waals surface area contributed by atoms with Gasteiger partial charge in [-0.2, -0.15) is 0 Å². The van der Waals surface area contributed by atoms with Gasteiger partial charge in [0.1, 0.15) is 5.00 Å². The molecule has 1 aromatic heterocycles. The monoisotopic (exact) mass is 428 g/mol. The van der Waals surface area contributed by atoms with Crippen molar-refractivity contribution in [3.63, 3.8) is 0 Å². The van der Waals surface area contributed by atoms with Gasteiger partial charge in [-0.15, -0.1) is 0 Å². The molecule has 0 bridgehead atoms. The first kappa shape index (κ1) is 20.3. The lowest BCUT2D eigenvalue weighted by molar-refractivity contribution is 0.483. The summed E-state index contributed by atoms with van der Waals surface area (Å²) < 4.78 is 52.2. The van der Waals surface area contributed by atoms with Crippen LogP contribution in [0.4, 0.5) is 5.00 Å². The average Bonchev–Trinajstić information content (AvgIpc) is 3.10. The normalized spacial score (nSPS) is 16.4. The SMILES string of the molecule is Cc1ccc(S(=O)(=O)c2nc(S(=O)(=O)C3CCCCC3)sc2N(C)C)cc1. The van der Waals surface area contributed by atoms with Crippen LogP contribution in [-0.4, -0.2) is 41.2 Å². The Morgan fingerprint density at radius 1 is 1.00 bits per heavy atom. The predicted octanol–water partition coefficient (Wildman–Crippen LogP) is 3.46. The fourth-order valence-electron chi connectivity index (χ4n) is 3.21. The minimum atomic E-state index is -3.91. The first-order chi connectivity index (χ1) is 12.6. The van der Waals surface area contributed by atoms with E-state index in [0.29, 0.717) is 17.8 Å². The van der Waals surface area contributed by atoms with Gasteiger partial charge in [0, 0.05) is 14.1 Å². The molecule has 6 nitrogen and oxygen atoms in total. The smallest absolute Gasteiger partial charge is 0.226 e. The Bertz CT molecular complexity index is 1020. The van der Waals surface area contributed by atoms with Crippen LogP contribution in [0.1, 0.15) is 37.7 Å². The van der Waals surface area contributed by atoms with Gasteiger partial charge < -0.3 is 4.90 Å². The van der Waals surface area contributed by atoms with Crippen LogP contribution in [0.3, 0.4) is 0 Å². The van der Waals surface area contributed by atoms with Crippen LogP contribution in [0.2, 0.25) is 0 Å². The lowest BCUT2D eigenvalue weighted by Gasteiger charge is -2.20. The van der Waals surface area contributed by atoms with Crippen LogP contribution in [-0.2, 0) is 19.7 Å². The fraction of sp³-hybridized carbons (Fsp3) is 0.500. The van der Waals surface area contributed by atoms with Crippen LogP contribution in [0.5, 0.6) is 0 Å². The second-order valence-corrected chi connectivity index (χ2v) is 12.4. The lowest BCUT2D eigenvalue weighted by atomic mass is 10.0. The van der Waals surface area contributed by atoms with Gasteiger partial charge in [-0.05, 0) is 31.9 Å². The number of hydrogen-bond acceptors (Lipinski definition) is 7. The molecule has 1 heterocycles. The zero-order valence-corrected chi connectivity index (χ0v) is 18.1. The molecule has 2 aromatic rings. The van der Waals surface area contributed by atoms with E-state index in [0.717, 1.165) is 36.2 Å². The van der Waals surface area contributed by atoms with Crippen LogP contribution in [0.15, 0.2) is 38.5 Å². The summed E-state index contributed by atoms with van der Waals surface area (Å²) in [5, 5.41) is -0.317. The molecule has 0 spiro atoms. The molecular weight excluding hydrogens is 404 g/mol. The number of hydrogen-bond donors (Lipinski definition) is 0. The van der Waals surface area contributed by atoms with Crippen molar-refractivity contribution in [3.05, 3.63) is 29.8 Å². The van der Waals surface area contributed by atoms with Crippen LogP contribution >= 0.6 is 11.3 Å². The lowest BCUT2D eigenvalue weighted by Crippen LogP contribution is -2.24. The Kier molecular flexibility index (Phi) is 5.65. The van der Waals surface area contributed by atoms with Crippen molar-refractivity contribution in [2.24, 2.45) is 0 Å². The topological polar surface area (TPSA) is 84.4 Å². The maximum atomic E-state index is 13.1. The highest BCUT2D eigenvalue weighted by molar-refractivity contribution is 7.94. The Labute approximate surface area is 165 Å². The zero-order valence-electron chi connectivity index (χ0n) is 15.7. The summed E-state index contributed by atoms with van der Waals surface area (Å²) in [5.74, 6) is 0. The first-order valence-corrected chi connectivity index (χ1v) is 12.7. The largest absolute Gasteiger partial charge is 0.367 e. The quantitative estimate of drug-likeness (QED) is 0.725. The standard InChI is InChI=1S/C18H24N2O4S3/c1-13-9-11-15(12-10-13)26(21,22)16-17(20(2)3)25-18(19-16)27(23,24)14-7-5-4-6-8-14/h9-12,14H,4-8H2,1-3H3. The number of aryl methyl sites for hydroxylation is 1. The average molecular weight is 429 g/mol. The fourth-order valence-corrected chi connectivity index (χ4v) is 8.30. The molecule has 0 atom stereocenters. The van der Waals surface area contributed by atoms with Crippen LogP contribution in [0, 0.1) is 6.92 Å². The molecule has 3 rings (SSSR count). The van der Waals surface area contributed by atoms with E-state index in [2.05, 4.69) is 4.98 Å². The minimum absolute atomic E-state index is 0.0937. The van der Waals surface area contributed by atoms with E-state index in [9.17, 15) is 16.8 Å². The van der Waals surface area contributed by atoms with Gasteiger partial charge in [-0.1, -0.05) is 48.3 Å². The Morgan fingerprint density at radius 3 is 2.15 bits per heavy atom. The third kappa shape index (κ3) is 3.90. The highest BCUT2D eigenvalue weighted by atomic mass is 32.2. The van der Waals surface area contributed by atoms with E-state index in [1.54, 1.807) is 31.1 Å². The Hall–Kier alpha value is -1.45. The highest BCUT2D eigenvalue weighted by Gasteiger charge is 2.36. The number of aromatic nitrogens is 1. The molecular formula is C18H24N2O4S3. The van der Waals surface area contributed by atoms with E-state index in [-0.39, 0.29) is 14.3 Å². The zero-order chi connectivity index (χ0) is 19.8. The number of benzene rings is 1. The van der Waals surface area contributed by atoms with Crippen molar-refractivity contribution in [2.45, 2.75) is 58.5 Å². The number of rotatable bonds is 5. The number of sulfone groups is 2. The summed E-state index contributed by atoms with van der Waals surface area (Å²) in [5.41, 5.74) is 0.945. The minimum Gasteiger partial charge on any atom is -0.367 e. The van der Waals surface area contributed by atoms with Gasteiger partial charge in [0.05, 0.1) is 10.1 Å². The highest BCUT2D eigenvalue weighted by Crippen LogP contribution is 2.39. The van der Waals surface area contributed by atoms with E-state index < -0.39 is 24.9 Å². The number of thiazole rings is 1. The second kappa shape index (κ2) is 7.52. The molecule has 0 N–H and O–H groups in total. The summed E-state index contributed by atoms with van der Waals surface area (Å²) in [6.45, 7) is 1.87. The first-order valence-electron chi connectivity index (χ1n) is 8.88. The molecule has 9 heteroatoms. The van der Waals surface area contributed by atoms with Crippen molar-refractivity contribution in [2.75, 3.05) is 19.0 Å². The second-order valence-electron chi connectivity index (χ2n) is 7.11. The van der Waals surface area contributed by atoms with E-state index in [4.69, 9.17) is 0 Å². The van der Waals surface area contributed by atoms with Crippen LogP contribution < -0.4 is 4.90 Å². The Balaban J connectivity index is 2.10. The summed E-state index contributed by atoms with van der Waals surface area (Å²) in [6, 6.07) is 6.49. The molecule has 148 valence electrons. The van der Waals surface area contributed by atoms with Crippen molar-refractivity contribution >= 4 is 36.0 Å². The van der Waals surface area contributed by atoms with Crippen molar-refractivity contribution < 1.29 is 16.8 Å². The molecule has 0 saturated heterocycles. The van der Waals surface area contributed by atoms with Gasteiger partial charge in [-0.25, -0.2) is 21.8 Å². The predicted molar refractivity (Wildman–Crippen MR) is 107 cm³/mol. The summed E-state index contributed by atoms with van der Waals surface area (Å²) in [4.78, 5) is 5.87. The molecule has 0 unspecified atom stereocenters. The summed E-state index contributed by atoms with van der Waals surface area (Å²) in [6.07, 6.45) is 4.02. The maximum absolute atomic E-state index is 13.1. The molecule has 1 saturated carbocycles. The van der Waals surface area contributed by atoms with Crippen molar-refractivity contribution in [1.82, 2.24) is 4.98 Å². The Morgan fingerprint density at radius 2 is 1.59 bits per heavy atom. The van der Waals surface area contributed by atoms with Gasteiger partial charge in [-0.3, -0.25) is 0 Å². The van der Waals surface area contributed by atoms with Crippen LogP contribution in [0.25, 0.3) is 0 Å². The van der Waals surface area contributed by atoms with Gasteiger partial charge >= 0.3 is 0 Å². The molecule has 0 amide bonds. The number of nitrogens with zero attached hydrogens (tertiary/aromatic N) is 2. The van der Waals surface area contributed by atoms with Gasteiger partial charge in [0.15, 0.2) is 5.03 Å². The van der Waals surface area contributed by atoms with E-state index >= 15 is 0 Å². The van der Waals surface area contributed by atoms with Gasteiger partial charge in [0.2, 0.25) is 24.0 Å². The molecule has 0 aliphatic heterocycles. The molecule has 1 fully saturated rings. The van der Waals surface area contributed by atoms with E-state index in [1.165, 1.54) is 12.1 Å². The summed E-state index contributed by atoms with van der Waals surface area (Å²) >= 11 is 0.941. The number of anilines is 1. The molecule has 1 aliphatic carbocycles. The van der Waals surface area contributed by atoms with Crippen molar-refractivity contribution in [3.8, 4) is 0 Å². The molecule has 0 radical (unpaired) electrons. The van der Waals surface area contributed by atoms with E-state index in [1.807, 2.05) is 6.92 Å². The van der Waals surface area contributed by atoms with Crippen molar-refractivity contribution in [1.29, 1.82) is 0 Å². The third-order valence-electron chi connectivity index (χ3n) is 4.79. The van der Waals surface area contributed by atoms with Gasteiger partial charge in [0.25, 0.3) is 0 Å². The molecule has 1 aliphatic rings.